The SMILES string of the molecule is CC[C@@H]1CC[C@H](C)NC1C(C)(C)C. The molecular weight excluding hydrogens is 158 g/mol. The molecule has 0 aromatic heterocycles. The van der Waals surface area contributed by atoms with Gasteiger partial charge in [0.15, 0.2) is 0 Å². The third-order valence-electron chi connectivity index (χ3n) is 3.36. The van der Waals surface area contributed by atoms with E-state index in [0.717, 1.165) is 5.92 Å². The maximum absolute atomic E-state index is 3.76. The van der Waals surface area contributed by atoms with Crippen LogP contribution in [-0.4, -0.2) is 12.1 Å². The topological polar surface area (TPSA) is 12.0 Å². The Balaban J connectivity index is 2.65. The fourth-order valence-corrected chi connectivity index (χ4v) is 2.55. The summed E-state index contributed by atoms with van der Waals surface area (Å²) in [5, 5.41) is 3.76. The molecule has 1 aliphatic rings. The van der Waals surface area contributed by atoms with Crippen LogP contribution < -0.4 is 5.32 Å². The molecule has 0 saturated carbocycles. The van der Waals surface area contributed by atoms with Crippen LogP contribution in [0, 0.1) is 11.3 Å². The van der Waals surface area contributed by atoms with Gasteiger partial charge in [0.25, 0.3) is 0 Å². The van der Waals surface area contributed by atoms with Crippen LogP contribution in [0.5, 0.6) is 0 Å². The zero-order valence-electron chi connectivity index (χ0n) is 9.85. The van der Waals surface area contributed by atoms with Crippen LogP contribution in [-0.2, 0) is 0 Å². The van der Waals surface area contributed by atoms with Crippen LogP contribution in [0.3, 0.4) is 0 Å². The van der Waals surface area contributed by atoms with Crippen molar-refractivity contribution in [3.63, 3.8) is 0 Å². The number of hydrogen-bond acceptors (Lipinski definition) is 1. The number of nitrogens with one attached hydrogen (secondary N) is 1. The fourth-order valence-electron chi connectivity index (χ4n) is 2.55. The predicted octanol–water partition coefficient (Wildman–Crippen LogP) is 3.20. The molecule has 0 radical (unpaired) electrons. The van der Waals surface area contributed by atoms with Crippen molar-refractivity contribution in [2.24, 2.45) is 11.3 Å². The van der Waals surface area contributed by atoms with Gasteiger partial charge < -0.3 is 5.32 Å². The molecule has 1 N–H and O–H groups in total. The summed E-state index contributed by atoms with van der Waals surface area (Å²) in [6, 6.07) is 1.42. The van der Waals surface area contributed by atoms with Gasteiger partial charge in [-0.05, 0) is 31.1 Å². The second-order valence-electron chi connectivity index (χ2n) is 5.66. The highest BCUT2D eigenvalue weighted by atomic mass is 15.0. The second-order valence-corrected chi connectivity index (χ2v) is 5.66. The Bertz CT molecular complexity index is 157. The van der Waals surface area contributed by atoms with Crippen molar-refractivity contribution >= 4 is 0 Å². The van der Waals surface area contributed by atoms with E-state index in [0.29, 0.717) is 17.5 Å². The summed E-state index contributed by atoms with van der Waals surface area (Å²) in [4.78, 5) is 0. The molecule has 0 aromatic carbocycles. The Labute approximate surface area is 83.3 Å². The lowest BCUT2D eigenvalue weighted by molar-refractivity contribution is 0.129. The standard InChI is InChI=1S/C12H25N/c1-6-10-8-7-9(2)13-11(10)12(3,4)5/h9-11,13H,6-8H2,1-5H3/t9-,10+,11?/m0/s1. The monoisotopic (exact) mass is 183 g/mol. The van der Waals surface area contributed by atoms with Gasteiger partial charge in [0.2, 0.25) is 0 Å². The summed E-state index contributed by atoms with van der Waals surface area (Å²) in [6.07, 6.45) is 4.08. The van der Waals surface area contributed by atoms with Crippen LogP contribution in [0.15, 0.2) is 0 Å². The molecule has 1 heterocycles. The molecule has 1 unspecified atom stereocenters. The van der Waals surface area contributed by atoms with Crippen molar-refractivity contribution in [3.8, 4) is 0 Å². The van der Waals surface area contributed by atoms with Gasteiger partial charge >= 0.3 is 0 Å². The van der Waals surface area contributed by atoms with Gasteiger partial charge in [-0.2, -0.15) is 0 Å². The molecule has 1 nitrogen and oxygen atoms in total. The van der Waals surface area contributed by atoms with Gasteiger partial charge in [0.1, 0.15) is 0 Å². The van der Waals surface area contributed by atoms with Crippen LogP contribution >= 0.6 is 0 Å². The van der Waals surface area contributed by atoms with Gasteiger partial charge in [-0.25, -0.2) is 0 Å². The minimum atomic E-state index is 0.412. The summed E-state index contributed by atoms with van der Waals surface area (Å²) in [5.74, 6) is 0.885. The highest BCUT2D eigenvalue weighted by Gasteiger charge is 2.34. The highest BCUT2D eigenvalue weighted by Crippen LogP contribution is 2.33. The molecule has 3 atom stereocenters. The zero-order valence-corrected chi connectivity index (χ0v) is 9.85. The summed E-state index contributed by atoms with van der Waals surface area (Å²) < 4.78 is 0. The molecule has 78 valence electrons. The lowest BCUT2D eigenvalue weighted by Gasteiger charge is -2.43. The normalized spacial score (nSPS) is 36.2. The zero-order chi connectivity index (χ0) is 10.1. The lowest BCUT2D eigenvalue weighted by atomic mass is 9.73. The van der Waals surface area contributed by atoms with E-state index in [1.54, 1.807) is 0 Å². The minimum absolute atomic E-state index is 0.412. The first-order valence-corrected chi connectivity index (χ1v) is 5.71. The predicted molar refractivity (Wildman–Crippen MR) is 58.9 cm³/mol. The van der Waals surface area contributed by atoms with Crippen molar-refractivity contribution < 1.29 is 0 Å². The third-order valence-corrected chi connectivity index (χ3v) is 3.36. The average Bonchev–Trinajstić information content (AvgIpc) is 2.03. The van der Waals surface area contributed by atoms with Gasteiger partial charge in [-0.15, -0.1) is 0 Å². The lowest BCUT2D eigenvalue weighted by Crippen LogP contribution is -2.52. The first kappa shape index (κ1) is 11.0. The average molecular weight is 183 g/mol. The molecule has 13 heavy (non-hydrogen) atoms. The Kier molecular flexibility index (Phi) is 3.39. The van der Waals surface area contributed by atoms with Crippen molar-refractivity contribution in [3.05, 3.63) is 0 Å². The molecule has 0 aromatic rings. The molecule has 0 amide bonds. The Hall–Kier alpha value is -0.0400. The maximum atomic E-state index is 3.76. The smallest absolute Gasteiger partial charge is 0.0146 e. The van der Waals surface area contributed by atoms with Crippen molar-refractivity contribution in [2.45, 2.75) is 66.0 Å². The van der Waals surface area contributed by atoms with E-state index in [1.165, 1.54) is 19.3 Å². The van der Waals surface area contributed by atoms with Gasteiger partial charge in [0, 0.05) is 12.1 Å². The van der Waals surface area contributed by atoms with Crippen LogP contribution in [0.2, 0.25) is 0 Å². The van der Waals surface area contributed by atoms with Gasteiger partial charge in [0.05, 0.1) is 0 Å². The number of hydrogen-bond donors (Lipinski definition) is 1. The molecular formula is C12H25N. The maximum Gasteiger partial charge on any atom is 0.0146 e. The Morgan fingerprint density at radius 1 is 1.23 bits per heavy atom. The Morgan fingerprint density at radius 3 is 2.31 bits per heavy atom. The van der Waals surface area contributed by atoms with E-state index in [1.807, 2.05) is 0 Å². The van der Waals surface area contributed by atoms with Crippen LogP contribution in [0.4, 0.5) is 0 Å². The van der Waals surface area contributed by atoms with E-state index in [9.17, 15) is 0 Å². The fraction of sp³-hybridized carbons (Fsp3) is 1.00. The van der Waals surface area contributed by atoms with E-state index in [-0.39, 0.29) is 0 Å². The van der Waals surface area contributed by atoms with Gasteiger partial charge in [-0.3, -0.25) is 0 Å². The van der Waals surface area contributed by atoms with Crippen LogP contribution in [0.1, 0.15) is 53.9 Å². The molecule has 0 bridgehead atoms. The van der Waals surface area contributed by atoms with Crippen molar-refractivity contribution in [1.29, 1.82) is 0 Å². The largest absolute Gasteiger partial charge is 0.311 e. The van der Waals surface area contributed by atoms with E-state index < -0.39 is 0 Å². The Morgan fingerprint density at radius 2 is 1.85 bits per heavy atom. The van der Waals surface area contributed by atoms with Crippen molar-refractivity contribution in [2.75, 3.05) is 0 Å². The molecule has 1 aliphatic heterocycles. The number of piperidine rings is 1. The molecule has 0 spiro atoms. The molecule has 1 fully saturated rings. The number of rotatable bonds is 1. The van der Waals surface area contributed by atoms with Gasteiger partial charge in [-0.1, -0.05) is 34.1 Å². The third kappa shape index (κ3) is 2.70. The summed E-state index contributed by atoms with van der Waals surface area (Å²) >= 11 is 0. The van der Waals surface area contributed by atoms with Crippen molar-refractivity contribution in [1.82, 2.24) is 5.32 Å². The molecule has 1 heteroatoms. The summed E-state index contributed by atoms with van der Waals surface area (Å²) in [5.41, 5.74) is 0.412. The molecule has 0 aliphatic carbocycles. The summed E-state index contributed by atoms with van der Waals surface area (Å²) in [7, 11) is 0. The molecule has 1 saturated heterocycles. The van der Waals surface area contributed by atoms with E-state index in [4.69, 9.17) is 0 Å². The highest BCUT2D eigenvalue weighted by molar-refractivity contribution is 4.91. The molecule has 1 rings (SSSR count). The minimum Gasteiger partial charge on any atom is -0.311 e. The second kappa shape index (κ2) is 4.00. The quantitative estimate of drug-likeness (QED) is 0.658. The van der Waals surface area contributed by atoms with E-state index >= 15 is 0 Å². The first-order chi connectivity index (χ1) is 5.95. The first-order valence-electron chi connectivity index (χ1n) is 5.71. The van der Waals surface area contributed by atoms with E-state index in [2.05, 4.69) is 39.9 Å². The summed E-state index contributed by atoms with van der Waals surface area (Å²) in [6.45, 7) is 11.7. The van der Waals surface area contributed by atoms with Crippen LogP contribution in [0.25, 0.3) is 0 Å².